The molecule has 0 saturated heterocycles. The molecule has 0 radical (unpaired) electrons. The van der Waals surface area contributed by atoms with E-state index < -0.39 is 0 Å². The second-order valence-corrected chi connectivity index (χ2v) is 8.08. The predicted octanol–water partition coefficient (Wildman–Crippen LogP) is 6.58. The topological polar surface area (TPSA) is 34.0 Å². The molecule has 0 fully saturated rings. The Labute approximate surface area is 169 Å². The van der Waals surface area contributed by atoms with Gasteiger partial charge in [0.25, 0.3) is 5.91 Å². The fourth-order valence-corrected chi connectivity index (χ4v) is 3.75. The standard InChI is InChI=1S/C23H25BrN2O/c1-6-11-26-21-10-8-17(14(2)3)12-19(21)16(5)22(26)23(27)25-18-9-7-15(4)20(24)13-18/h6-10,12-14H,1,11H2,2-5H3,(H,25,27). The molecule has 3 aromatic rings. The molecule has 0 aliphatic rings. The number of allylic oxidation sites excluding steroid dienone is 1. The van der Waals surface area contributed by atoms with Crippen molar-refractivity contribution in [2.75, 3.05) is 5.32 Å². The minimum Gasteiger partial charge on any atom is -0.332 e. The molecule has 2 aromatic carbocycles. The Balaban J connectivity index is 2.09. The first kappa shape index (κ1) is 19.4. The highest BCUT2D eigenvalue weighted by Gasteiger charge is 2.20. The molecule has 1 aromatic heterocycles. The third-order valence-corrected chi connectivity index (χ3v) is 5.82. The lowest BCUT2D eigenvalue weighted by Crippen LogP contribution is -2.18. The van der Waals surface area contributed by atoms with Crippen molar-refractivity contribution in [1.82, 2.24) is 4.57 Å². The van der Waals surface area contributed by atoms with Crippen LogP contribution in [-0.4, -0.2) is 10.5 Å². The summed E-state index contributed by atoms with van der Waals surface area (Å²) in [6, 6.07) is 12.3. The normalized spacial score (nSPS) is 11.2. The molecule has 0 aliphatic carbocycles. The van der Waals surface area contributed by atoms with Crippen molar-refractivity contribution in [3.63, 3.8) is 0 Å². The molecule has 3 rings (SSSR count). The first-order valence-electron chi connectivity index (χ1n) is 9.14. The molecule has 140 valence electrons. The summed E-state index contributed by atoms with van der Waals surface area (Å²) in [5, 5.41) is 4.16. The Morgan fingerprint density at radius 2 is 1.96 bits per heavy atom. The number of benzene rings is 2. The van der Waals surface area contributed by atoms with Crippen molar-refractivity contribution < 1.29 is 4.79 Å². The van der Waals surface area contributed by atoms with Gasteiger partial charge in [0.1, 0.15) is 5.69 Å². The largest absolute Gasteiger partial charge is 0.332 e. The molecule has 0 atom stereocenters. The van der Waals surface area contributed by atoms with Gasteiger partial charge in [-0.1, -0.05) is 48.0 Å². The van der Waals surface area contributed by atoms with Crippen LogP contribution in [0.15, 0.2) is 53.5 Å². The SMILES string of the molecule is C=CCn1c(C(=O)Nc2ccc(C)c(Br)c2)c(C)c2cc(C(C)C)ccc21. The fraction of sp³-hybridized carbons (Fsp3) is 0.261. The van der Waals surface area contributed by atoms with Crippen molar-refractivity contribution in [2.45, 2.75) is 40.2 Å². The van der Waals surface area contributed by atoms with Gasteiger partial charge in [-0.2, -0.15) is 0 Å². The zero-order valence-corrected chi connectivity index (χ0v) is 17.9. The quantitative estimate of drug-likeness (QED) is 0.460. The van der Waals surface area contributed by atoms with E-state index in [1.54, 1.807) is 0 Å². The number of halogens is 1. The Morgan fingerprint density at radius 3 is 2.59 bits per heavy atom. The number of aromatic nitrogens is 1. The third-order valence-electron chi connectivity index (χ3n) is 4.96. The number of hydrogen-bond donors (Lipinski definition) is 1. The lowest BCUT2D eigenvalue weighted by molar-refractivity contribution is 0.101. The van der Waals surface area contributed by atoms with Crippen LogP contribution in [0, 0.1) is 13.8 Å². The minimum atomic E-state index is -0.104. The van der Waals surface area contributed by atoms with Gasteiger partial charge in [0.15, 0.2) is 0 Å². The summed E-state index contributed by atoms with van der Waals surface area (Å²) in [7, 11) is 0. The second kappa shape index (κ2) is 7.73. The van der Waals surface area contributed by atoms with E-state index in [0.29, 0.717) is 18.2 Å². The maximum atomic E-state index is 13.1. The lowest BCUT2D eigenvalue weighted by Gasteiger charge is -2.11. The maximum absolute atomic E-state index is 13.1. The van der Waals surface area contributed by atoms with Gasteiger partial charge < -0.3 is 9.88 Å². The van der Waals surface area contributed by atoms with Gasteiger partial charge in [0, 0.05) is 27.6 Å². The fourth-order valence-electron chi connectivity index (χ4n) is 3.37. The average molecular weight is 425 g/mol. The van der Waals surface area contributed by atoms with Gasteiger partial charge >= 0.3 is 0 Å². The number of aryl methyl sites for hydroxylation is 2. The van der Waals surface area contributed by atoms with Crippen LogP contribution in [0.2, 0.25) is 0 Å². The smallest absolute Gasteiger partial charge is 0.272 e. The molecule has 27 heavy (non-hydrogen) atoms. The monoisotopic (exact) mass is 424 g/mol. The summed E-state index contributed by atoms with van der Waals surface area (Å²) in [6.45, 7) is 12.9. The molecule has 3 nitrogen and oxygen atoms in total. The Kier molecular flexibility index (Phi) is 5.56. The predicted molar refractivity (Wildman–Crippen MR) is 118 cm³/mol. The van der Waals surface area contributed by atoms with Gasteiger partial charge in [-0.3, -0.25) is 4.79 Å². The zero-order chi connectivity index (χ0) is 19.7. The molecule has 1 heterocycles. The van der Waals surface area contributed by atoms with E-state index in [4.69, 9.17) is 0 Å². The highest BCUT2D eigenvalue weighted by molar-refractivity contribution is 9.10. The molecule has 1 amide bonds. The highest BCUT2D eigenvalue weighted by Crippen LogP contribution is 2.30. The van der Waals surface area contributed by atoms with Crippen LogP contribution >= 0.6 is 15.9 Å². The molecular formula is C23H25BrN2O. The van der Waals surface area contributed by atoms with Crippen LogP contribution in [0.4, 0.5) is 5.69 Å². The van der Waals surface area contributed by atoms with Gasteiger partial charge in [-0.05, 0) is 60.7 Å². The lowest BCUT2D eigenvalue weighted by atomic mass is 10.0. The van der Waals surface area contributed by atoms with E-state index in [2.05, 4.69) is 59.9 Å². The van der Waals surface area contributed by atoms with Crippen molar-refractivity contribution >= 4 is 38.4 Å². The van der Waals surface area contributed by atoms with Gasteiger partial charge in [-0.25, -0.2) is 0 Å². The number of carbonyl (C=O) groups excluding carboxylic acids is 1. The first-order chi connectivity index (χ1) is 12.8. The number of nitrogens with one attached hydrogen (secondary N) is 1. The highest BCUT2D eigenvalue weighted by atomic mass is 79.9. The molecule has 0 unspecified atom stereocenters. The molecule has 4 heteroatoms. The van der Waals surface area contributed by atoms with Crippen LogP contribution in [0.5, 0.6) is 0 Å². The van der Waals surface area contributed by atoms with E-state index in [1.807, 2.05) is 42.7 Å². The van der Waals surface area contributed by atoms with E-state index in [1.165, 1.54) is 5.56 Å². The summed E-state index contributed by atoms with van der Waals surface area (Å²) < 4.78 is 3.02. The third kappa shape index (κ3) is 3.72. The van der Waals surface area contributed by atoms with E-state index in [-0.39, 0.29) is 5.91 Å². The number of carbonyl (C=O) groups is 1. The Hall–Kier alpha value is -2.33. The van der Waals surface area contributed by atoms with E-state index in [0.717, 1.165) is 32.2 Å². The van der Waals surface area contributed by atoms with E-state index in [9.17, 15) is 4.79 Å². The summed E-state index contributed by atoms with van der Waals surface area (Å²) in [6.07, 6.45) is 1.83. The summed E-state index contributed by atoms with van der Waals surface area (Å²) in [5.41, 5.74) is 5.92. The van der Waals surface area contributed by atoms with Crippen molar-refractivity contribution in [1.29, 1.82) is 0 Å². The molecule has 0 spiro atoms. The van der Waals surface area contributed by atoms with Gasteiger partial charge in [0.2, 0.25) is 0 Å². The van der Waals surface area contributed by atoms with Crippen LogP contribution in [-0.2, 0) is 6.54 Å². The average Bonchev–Trinajstić information content (AvgIpc) is 2.90. The van der Waals surface area contributed by atoms with Crippen molar-refractivity contribution in [3.05, 3.63) is 75.9 Å². The first-order valence-corrected chi connectivity index (χ1v) is 9.94. The van der Waals surface area contributed by atoms with Gasteiger partial charge in [0.05, 0.1) is 0 Å². The number of rotatable bonds is 5. The molecule has 0 aliphatic heterocycles. The Bertz CT molecular complexity index is 1030. The van der Waals surface area contributed by atoms with Crippen molar-refractivity contribution in [2.24, 2.45) is 0 Å². The zero-order valence-electron chi connectivity index (χ0n) is 16.3. The molecule has 1 N–H and O–H groups in total. The summed E-state index contributed by atoms with van der Waals surface area (Å²) in [5.74, 6) is 0.339. The Morgan fingerprint density at radius 1 is 1.22 bits per heavy atom. The number of fused-ring (bicyclic) bond motifs is 1. The van der Waals surface area contributed by atoms with Crippen molar-refractivity contribution in [3.8, 4) is 0 Å². The summed E-state index contributed by atoms with van der Waals surface area (Å²) in [4.78, 5) is 13.1. The van der Waals surface area contributed by atoms with E-state index >= 15 is 0 Å². The number of hydrogen-bond acceptors (Lipinski definition) is 1. The number of nitrogens with zero attached hydrogens (tertiary/aromatic N) is 1. The summed E-state index contributed by atoms with van der Waals surface area (Å²) >= 11 is 3.53. The van der Waals surface area contributed by atoms with Crippen LogP contribution in [0.25, 0.3) is 10.9 Å². The minimum absolute atomic E-state index is 0.104. The van der Waals surface area contributed by atoms with Crippen LogP contribution in [0.3, 0.4) is 0 Å². The van der Waals surface area contributed by atoms with Crippen LogP contribution in [0.1, 0.15) is 46.9 Å². The van der Waals surface area contributed by atoms with Gasteiger partial charge in [-0.15, -0.1) is 6.58 Å². The molecule has 0 bridgehead atoms. The second-order valence-electron chi connectivity index (χ2n) is 7.22. The molecular weight excluding hydrogens is 400 g/mol. The number of anilines is 1. The molecule has 0 saturated carbocycles. The number of amides is 1. The van der Waals surface area contributed by atoms with Crippen LogP contribution < -0.4 is 5.32 Å². The maximum Gasteiger partial charge on any atom is 0.272 e.